The number of aliphatic hydroxyl groups excluding tert-OH is 1. The summed E-state index contributed by atoms with van der Waals surface area (Å²) in [6.45, 7) is 4.83. The summed E-state index contributed by atoms with van der Waals surface area (Å²) in [5.74, 6) is -0.503. The molecule has 116 valence electrons. The number of rotatable bonds is 7. The molecule has 1 aliphatic heterocycles. The molecule has 1 saturated heterocycles. The molecule has 0 radical (unpaired) electrons. The predicted octanol–water partition coefficient (Wildman–Crippen LogP) is 0.289. The minimum atomic E-state index is -0.588. The van der Waals surface area contributed by atoms with E-state index in [2.05, 4.69) is 12.2 Å². The van der Waals surface area contributed by atoms with Gasteiger partial charge >= 0.3 is 5.97 Å². The summed E-state index contributed by atoms with van der Waals surface area (Å²) in [5, 5.41) is 12.6. The van der Waals surface area contributed by atoms with Crippen molar-refractivity contribution in [1.82, 2.24) is 10.2 Å². The Morgan fingerprint density at radius 3 is 2.75 bits per heavy atom. The standard InChI is InChI=1S/C14H26N2O4/c1-4-5-6-7-15-13(18)10(2)16-9-11(17)8-12(16)14(19)20-3/h10-12,17H,4-9H2,1-3H3,(H,15,18). The Labute approximate surface area is 120 Å². The second-order valence-corrected chi connectivity index (χ2v) is 5.30. The van der Waals surface area contributed by atoms with E-state index in [0.29, 0.717) is 19.5 Å². The summed E-state index contributed by atoms with van der Waals surface area (Å²) in [5.41, 5.74) is 0. The molecule has 0 aromatic rings. The van der Waals surface area contributed by atoms with Crippen LogP contribution in [0.2, 0.25) is 0 Å². The first kappa shape index (κ1) is 16.9. The number of esters is 1. The molecule has 6 heteroatoms. The maximum atomic E-state index is 12.1. The quantitative estimate of drug-likeness (QED) is 0.519. The highest BCUT2D eigenvalue weighted by Gasteiger charge is 2.41. The molecule has 0 spiro atoms. The third-order valence-corrected chi connectivity index (χ3v) is 3.75. The minimum Gasteiger partial charge on any atom is -0.468 e. The first-order chi connectivity index (χ1) is 9.51. The molecule has 0 aliphatic carbocycles. The van der Waals surface area contributed by atoms with Crippen LogP contribution in [0, 0.1) is 0 Å². The lowest BCUT2D eigenvalue weighted by atomic mass is 10.1. The van der Waals surface area contributed by atoms with Crippen molar-refractivity contribution in [2.75, 3.05) is 20.2 Å². The largest absolute Gasteiger partial charge is 0.468 e. The smallest absolute Gasteiger partial charge is 0.323 e. The molecule has 2 N–H and O–H groups in total. The van der Waals surface area contributed by atoms with Crippen molar-refractivity contribution in [2.45, 2.75) is 57.7 Å². The highest BCUT2D eigenvalue weighted by atomic mass is 16.5. The molecular formula is C14H26N2O4. The molecule has 0 aromatic carbocycles. The summed E-state index contributed by atoms with van der Waals surface area (Å²) < 4.78 is 4.73. The van der Waals surface area contributed by atoms with Crippen LogP contribution in [0.15, 0.2) is 0 Å². The number of nitrogens with one attached hydrogen (secondary N) is 1. The van der Waals surface area contributed by atoms with Crippen molar-refractivity contribution >= 4 is 11.9 Å². The number of hydrogen-bond donors (Lipinski definition) is 2. The number of β-amino-alcohol motifs (C(OH)–C–C–N with tert-alkyl or cyclic N) is 1. The van der Waals surface area contributed by atoms with Crippen LogP contribution in [-0.4, -0.2) is 60.3 Å². The molecular weight excluding hydrogens is 260 g/mol. The third kappa shape index (κ3) is 4.45. The van der Waals surface area contributed by atoms with E-state index in [9.17, 15) is 14.7 Å². The van der Waals surface area contributed by atoms with E-state index in [1.165, 1.54) is 7.11 Å². The highest BCUT2D eigenvalue weighted by Crippen LogP contribution is 2.21. The van der Waals surface area contributed by atoms with Crippen molar-refractivity contribution in [3.05, 3.63) is 0 Å². The topological polar surface area (TPSA) is 78.9 Å². The Bertz CT molecular complexity index is 335. The molecule has 0 aromatic heterocycles. The molecule has 3 atom stereocenters. The number of unbranched alkanes of at least 4 members (excludes halogenated alkanes) is 2. The number of nitrogens with zero attached hydrogens (tertiary/aromatic N) is 1. The van der Waals surface area contributed by atoms with Crippen LogP contribution in [-0.2, 0) is 14.3 Å². The Morgan fingerprint density at radius 1 is 1.45 bits per heavy atom. The number of carbonyl (C=O) groups is 2. The monoisotopic (exact) mass is 286 g/mol. The molecule has 1 heterocycles. The van der Waals surface area contributed by atoms with Crippen molar-refractivity contribution in [2.24, 2.45) is 0 Å². The van der Waals surface area contributed by atoms with Gasteiger partial charge in [0, 0.05) is 19.5 Å². The van der Waals surface area contributed by atoms with E-state index < -0.39 is 24.2 Å². The SMILES string of the molecule is CCCCCNC(=O)C(C)N1CC(O)CC1C(=O)OC. The number of carbonyl (C=O) groups excluding carboxylic acids is 2. The fourth-order valence-corrected chi connectivity index (χ4v) is 2.52. The average molecular weight is 286 g/mol. The zero-order chi connectivity index (χ0) is 15.1. The number of ether oxygens (including phenoxy) is 1. The van der Waals surface area contributed by atoms with E-state index in [0.717, 1.165) is 19.3 Å². The summed E-state index contributed by atoms with van der Waals surface area (Å²) in [4.78, 5) is 25.5. The van der Waals surface area contributed by atoms with Crippen molar-refractivity contribution in [3.63, 3.8) is 0 Å². The third-order valence-electron chi connectivity index (χ3n) is 3.75. The van der Waals surface area contributed by atoms with Gasteiger partial charge in [0.25, 0.3) is 0 Å². The van der Waals surface area contributed by atoms with Gasteiger partial charge in [-0.15, -0.1) is 0 Å². The van der Waals surface area contributed by atoms with Gasteiger partial charge < -0.3 is 15.2 Å². The molecule has 3 unspecified atom stereocenters. The van der Waals surface area contributed by atoms with Crippen LogP contribution in [0.3, 0.4) is 0 Å². The van der Waals surface area contributed by atoms with Gasteiger partial charge in [-0.1, -0.05) is 19.8 Å². The number of aliphatic hydroxyl groups is 1. The minimum absolute atomic E-state index is 0.107. The lowest BCUT2D eigenvalue weighted by molar-refractivity contribution is -0.147. The number of methoxy groups -OCH3 is 1. The summed E-state index contributed by atoms with van der Waals surface area (Å²) >= 11 is 0. The second-order valence-electron chi connectivity index (χ2n) is 5.30. The van der Waals surface area contributed by atoms with Crippen molar-refractivity contribution in [3.8, 4) is 0 Å². The van der Waals surface area contributed by atoms with Gasteiger partial charge in [0.2, 0.25) is 5.91 Å². The van der Waals surface area contributed by atoms with E-state index in [1.807, 2.05) is 0 Å². The van der Waals surface area contributed by atoms with E-state index >= 15 is 0 Å². The van der Waals surface area contributed by atoms with Crippen molar-refractivity contribution in [1.29, 1.82) is 0 Å². The highest BCUT2D eigenvalue weighted by molar-refractivity contribution is 5.83. The molecule has 0 saturated carbocycles. The second kappa shape index (κ2) is 8.21. The lowest BCUT2D eigenvalue weighted by Gasteiger charge is -2.27. The summed E-state index contributed by atoms with van der Waals surface area (Å²) in [6, 6.07) is -0.982. The van der Waals surface area contributed by atoms with Gasteiger partial charge in [-0.3, -0.25) is 14.5 Å². The summed E-state index contributed by atoms with van der Waals surface area (Å²) in [6.07, 6.45) is 2.88. The molecule has 1 amide bonds. The fraction of sp³-hybridized carbons (Fsp3) is 0.857. The number of likely N-dealkylation sites (tertiary alicyclic amines) is 1. The van der Waals surface area contributed by atoms with Crippen LogP contribution in [0.5, 0.6) is 0 Å². The van der Waals surface area contributed by atoms with E-state index in [1.54, 1.807) is 11.8 Å². The molecule has 1 rings (SSSR count). The van der Waals surface area contributed by atoms with Gasteiger partial charge in [0.15, 0.2) is 0 Å². The molecule has 1 aliphatic rings. The fourth-order valence-electron chi connectivity index (χ4n) is 2.52. The lowest BCUT2D eigenvalue weighted by Crippen LogP contribution is -2.50. The molecule has 1 fully saturated rings. The van der Waals surface area contributed by atoms with Gasteiger partial charge in [-0.05, 0) is 13.3 Å². The average Bonchev–Trinajstić information content (AvgIpc) is 2.83. The van der Waals surface area contributed by atoms with Gasteiger partial charge in [-0.2, -0.15) is 0 Å². The Kier molecular flexibility index (Phi) is 6.95. The van der Waals surface area contributed by atoms with E-state index in [4.69, 9.17) is 4.74 Å². The van der Waals surface area contributed by atoms with Gasteiger partial charge in [0.05, 0.1) is 19.3 Å². The number of hydrogen-bond acceptors (Lipinski definition) is 5. The maximum Gasteiger partial charge on any atom is 0.323 e. The maximum absolute atomic E-state index is 12.1. The first-order valence-corrected chi connectivity index (χ1v) is 7.30. The van der Waals surface area contributed by atoms with E-state index in [-0.39, 0.29) is 5.91 Å². The molecule has 20 heavy (non-hydrogen) atoms. The Morgan fingerprint density at radius 2 is 2.15 bits per heavy atom. The normalized spacial score (nSPS) is 24.4. The predicted molar refractivity (Wildman–Crippen MR) is 75.1 cm³/mol. The first-order valence-electron chi connectivity index (χ1n) is 7.30. The van der Waals surface area contributed by atoms with Gasteiger partial charge in [0.1, 0.15) is 6.04 Å². The molecule has 6 nitrogen and oxygen atoms in total. The van der Waals surface area contributed by atoms with Crippen LogP contribution in [0.25, 0.3) is 0 Å². The van der Waals surface area contributed by atoms with Crippen LogP contribution >= 0.6 is 0 Å². The Balaban J connectivity index is 2.53. The number of amides is 1. The zero-order valence-electron chi connectivity index (χ0n) is 12.6. The Hall–Kier alpha value is -1.14. The van der Waals surface area contributed by atoms with Crippen molar-refractivity contribution < 1.29 is 19.4 Å². The summed E-state index contributed by atoms with van der Waals surface area (Å²) in [7, 11) is 1.32. The van der Waals surface area contributed by atoms with Crippen LogP contribution in [0.4, 0.5) is 0 Å². The van der Waals surface area contributed by atoms with Crippen LogP contribution < -0.4 is 5.32 Å². The molecule has 0 bridgehead atoms. The van der Waals surface area contributed by atoms with Crippen LogP contribution in [0.1, 0.15) is 39.5 Å². The van der Waals surface area contributed by atoms with Gasteiger partial charge in [-0.25, -0.2) is 0 Å². The zero-order valence-corrected chi connectivity index (χ0v) is 12.6.